The zero-order valence-corrected chi connectivity index (χ0v) is 16.0. The summed E-state index contributed by atoms with van der Waals surface area (Å²) in [6.07, 6.45) is -3.73. The molecule has 8 heteroatoms. The number of aromatic nitrogens is 2. The number of carbonyl (C=O) groups excluding carboxylic acids is 1. The molecule has 0 saturated carbocycles. The van der Waals surface area contributed by atoms with Gasteiger partial charge < -0.3 is 5.32 Å². The van der Waals surface area contributed by atoms with Crippen molar-refractivity contribution in [3.63, 3.8) is 0 Å². The summed E-state index contributed by atoms with van der Waals surface area (Å²) in [4.78, 5) is 14.6. The highest BCUT2D eigenvalue weighted by Crippen LogP contribution is 2.34. The maximum absolute atomic E-state index is 13.7. The van der Waals surface area contributed by atoms with Crippen LogP contribution < -0.4 is 5.32 Å². The highest BCUT2D eigenvalue weighted by molar-refractivity contribution is 5.95. The van der Waals surface area contributed by atoms with Crippen LogP contribution in [-0.4, -0.2) is 46.3 Å². The quantitative estimate of drug-likeness (QED) is 0.795. The second kappa shape index (κ2) is 8.56. The van der Waals surface area contributed by atoms with Crippen molar-refractivity contribution in [1.82, 2.24) is 20.0 Å². The van der Waals surface area contributed by atoms with Gasteiger partial charge in [0.25, 0.3) is 5.91 Å². The van der Waals surface area contributed by atoms with Gasteiger partial charge in [0.05, 0.1) is 17.4 Å². The van der Waals surface area contributed by atoms with Gasteiger partial charge in [-0.1, -0.05) is 32.0 Å². The molecule has 27 heavy (non-hydrogen) atoms. The molecule has 0 bridgehead atoms. The van der Waals surface area contributed by atoms with Crippen LogP contribution in [0.4, 0.5) is 13.2 Å². The first-order valence-corrected chi connectivity index (χ1v) is 8.94. The third-order valence-electron chi connectivity index (χ3n) is 4.62. The predicted octanol–water partition coefficient (Wildman–Crippen LogP) is 3.66. The van der Waals surface area contributed by atoms with E-state index < -0.39 is 23.3 Å². The van der Waals surface area contributed by atoms with Gasteiger partial charge in [0.1, 0.15) is 0 Å². The highest BCUT2D eigenvalue weighted by atomic mass is 19.4. The number of carbonyl (C=O) groups is 1. The average Bonchev–Trinajstić information content (AvgIpc) is 3.06. The Morgan fingerprint density at radius 1 is 1.26 bits per heavy atom. The number of halogens is 3. The minimum absolute atomic E-state index is 0.0182. The molecular weight excluding hydrogens is 357 g/mol. The SMILES string of the molecule is CCN(CC)C(C)CNC(=O)c1cnn(-c2ccccc2C)c1C(F)(F)F. The lowest BCUT2D eigenvalue weighted by atomic mass is 10.1. The molecule has 1 atom stereocenters. The van der Waals surface area contributed by atoms with E-state index in [1.54, 1.807) is 31.2 Å². The van der Waals surface area contributed by atoms with E-state index in [1.165, 1.54) is 0 Å². The Morgan fingerprint density at radius 2 is 1.89 bits per heavy atom. The van der Waals surface area contributed by atoms with Gasteiger partial charge in [0.2, 0.25) is 0 Å². The number of amides is 1. The maximum atomic E-state index is 13.7. The van der Waals surface area contributed by atoms with Crippen LogP contribution in [0.1, 0.15) is 42.4 Å². The van der Waals surface area contributed by atoms with Crippen LogP contribution >= 0.6 is 0 Å². The molecule has 2 rings (SSSR count). The molecule has 0 aliphatic carbocycles. The molecule has 0 aliphatic rings. The van der Waals surface area contributed by atoms with Crippen LogP contribution in [0.5, 0.6) is 0 Å². The fraction of sp³-hybridized carbons (Fsp3) is 0.474. The van der Waals surface area contributed by atoms with Crippen molar-refractivity contribution in [2.45, 2.75) is 39.9 Å². The van der Waals surface area contributed by atoms with E-state index in [1.807, 2.05) is 20.8 Å². The molecule has 1 heterocycles. The molecule has 1 aromatic heterocycles. The summed E-state index contributed by atoms with van der Waals surface area (Å²) in [5, 5.41) is 6.46. The van der Waals surface area contributed by atoms with Crippen molar-refractivity contribution < 1.29 is 18.0 Å². The monoisotopic (exact) mass is 382 g/mol. The number of likely N-dealkylation sites (N-methyl/N-ethyl adjacent to an activating group) is 1. The van der Waals surface area contributed by atoms with Gasteiger partial charge in [-0.3, -0.25) is 9.69 Å². The minimum Gasteiger partial charge on any atom is -0.350 e. The van der Waals surface area contributed by atoms with E-state index in [9.17, 15) is 18.0 Å². The number of rotatable bonds is 7. The van der Waals surface area contributed by atoms with E-state index >= 15 is 0 Å². The lowest BCUT2D eigenvalue weighted by Gasteiger charge is -2.26. The van der Waals surface area contributed by atoms with Crippen LogP contribution in [0.2, 0.25) is 0 Å². The Bertz CT molecular complexity index is 782. The Hall–Kier alpha value is -2.35. The van der Waals surface area contributed by atoms with Gasteiger partial charge >= 0.3 is 6.18 Å². The number of nitrogens with zero attached hydrogens (tertiary/aromatic N) is 3. The summed E-state index contributed by atoms with van der Waals surface area (Å²) in [5.74, 6) is -0.777. The second-order valence-corrected chi connectivity index (χ2v) is 6.38. The topological polar surface area (TPSA) is 50.2 Å². The van der Waals surface area contributed by atoms with Gasteiger partial charge in [-0.25, -0.2) is 4.68 Å². The first-order valence-electron chi connectivity index (χ1n) is 8.94. The van der Waals surface area contributed by atoms with E-state index in [0.29, 0.717) is 11.3 Å². The van der Waals surface area contributed by atoms with Crippen molar-refractivity contribution in [3.8, 4) is 5.69 Å². The summed E-state index contributed by atoms with van der Waals surface area (Å²) in [7, 11) is 0. The van der Waals surface area contributed by atoms with Crippen molar-refractivity contribution in [2.75, 3.05) is 19.6 Å². The lowest BCUT2D eigenvalue weighted by molar-refractivity contribution is -0.143. The molecule has 148 valence electrons. The number of hydrogen-bond acceptors (Lipinski definition) is 3. The molecule has 1 unspecified atom stereocenters. The Morgan fingerprint density at radius 3 is 2.44 bits per heavy atom. The summed E-state index contributed by atoms with van der Waals surface area (Å²) in [6, 6.07) is 6.63. The molecule has 0 spiro atoms. The normalized spacial score (nSPS) is 13.0. The van der Waals surface area contributed by atoms with Gasteiger partial charge in [0, 0.05) is 12.6 Å². The van der Waals surface area contributed by atoms with Crippen LogP contribution in [-0.2, 0) is 6.18 Å². The standard InChI is InChI=1S/C19H25F3N4O/c1-5-25(6-2)14(4)11-23-18(27)15-12-24-26(17(15)19(20,21)22)16-10-8-7-9-13(16)3/h7-10,12,14H,5-6,11H2,1-4H3,(H,23,27). The second-order valence-electron chi connectivity index (χ2n) is 6.38. The molecule has 1 amide bonds. The lowest BCUT2D eigenvalue weighted by Crippen LogP contribution is -2.42. The van der Waals surface area contributed by atoms with Crippen LogP contribution in [0.3, 0.4) is 0 Å². The van der Waals surface area contributed by atoms with Crippen molar-refractivity contribution in [1.29, 1.82) is 0 Å². The molecular formula is C19H25F3N4O. The summed E-state index contributed by atoms with van der Waals surface area (Å²) in [6.45, 7) is 9.47. The van der Waals surface area contributed by atoms with Crippen LogP contribution in [0.25, 0.3) is 5.69 Å². The van der Waals surface area contributed by atoms with E-state index in [4.69, 9.17) is 0 Å². The number of nitrogens with one attached hydrogen (secondary N) is 1. The zero-order valence-electron chi connectivity index (χ0n) is 16.0. The molecule has 1 aromatic carbocycles. The summed E-state index contributed by atoms with van der Waals surface area (Å²) in [5.41, 5.74) is -0.615. The average molecular weight is 382 g/mol. The first kappa shape index (κ1) is 21.0. The minimum atomic E-state index is -4.71. The highest BCUT2D eigenvalue weighted by Gasteiger charge is 2.40. The van der Waals surface area contributed by atoms with Crippen molar-refractivity contribution in [3.05, 3.63) is 47.3 Å². The third-order valence-corrected chi connectivity index (χ3v) is 4.62. The van der Waals surface area contributed by atoms with Crippen molar-refractivity contribution >= 4 is 5.91 Å². The van der Waals surface area contributed by atoms with Gasteiger partial charge in [0.15, 0.2) is 5.69 Å². The van der Waals surface area contributed by atoms with Gasteiger partial charge in [-0.2, -0.15) is 18.3 Å². The predicted molar refractivity (Wildman–Crippen MR) is 98.0 cm³/mol. The first-order chi connectivity index (χ1) is 12.7. The fourth-order valence-electron chi connectivity index (χ4n) is 3.08. The molecule has 0 radical (unpaired) electrons. The Labute approximate surface area is 157 Å². The molecule has 5 nitrogen and oxygen atoms in total. The maximum Gasteiger partial charge on any atom is 0.434 e. The number of benzene rings is 1. The van der Waals surface area contributed by atoms with Gasteiger partial charge in [-0.05, 0) is 38.6 Å². The van der Waals surface area contributed by atoms with E-state index in [-0.39, 0.29) is 12.6 Å². The summed E-state index contributed by atoms with van der Waals surface area (Å²) < 4.78 is 41.9. The Balaban J connectivity index is 2.32. The molecule has 0 aliphatic heterocycles. The number of alkyl halides is 3. The van der Waals surface area contributed by atoms with E-state index in [0.717, 1.165) is 24.0 Å². The molecule has 1 N–H and O–H groups in total. The third kappa shape index (κ3) is 4.68. The van der Waals surface area contributed by atoms with Crippen LogP contribution in [0.15, 0.2) is 30.5 Å². The van der Waals surface area contributed by atoms with E-state index in [2.05, 4.69) is 15.3 Å². The van der Waals surface area contributed by atoms with Crippen molar-refractivity contribution in [2.24, 2.45) is 0 Å². The van der Waals surface area contributed by atoms with Crippen LogP contribution in [0, 0.1) is 6.92 Å². The summed E-state index contributed by atoms with van der Waals surface area (Å²) >= 11 is 0. The number of para-hydroxylation sites is 1. The largest absolute Gasteiger partial charge is 0.434 e. The van der Waals surface area contributed by atoms with Gasteiger partial charge in [-0.15, -0.1) is 0 Å². The Kier molecular flexibility index (Phi) is 6.64. The number of aryl methyl sites for hydroxylation is 1. The molecule has 0 saturated heterocycles. The molecule has 2 aromatic rings. The number of hydrogen-bond donors (Lipinski definition) is 1. The zero-order chi connectivity index (χ0) is 20.2. The fourth-order valence-corrected chi connectivity index (χ4v) is 3.08. The molecule has 0 fully saturated rings. The smallest absolute Gasteiger partial charge is 0.350 e.